The normalized spacial score (nSPS) is 15.5. The zero-order valence-corrected chi connectivity index (χ0v) is 42.3. The molecule has 0 saturated heterocycles. The predicted molar refractivity (Wildman–Crippen MR) is 275 cm³/mol. The first-order valence-corrected chi connectivity index (χ1v) is 28.2. The Balaban J connectivity index is 1.26. The van der Waals surface area contributed by atoms with Crippen LogP contribution >= 0.6 is 0 Å². The van der Waals surface area contributed by atoms with Crippen LogP contribution in [0.4, 0.5) is 0 Å². The standard InChI is InChI=1S/C57H68O5SSi2/c1-45-33-36-49(37-34-45)63(58)55-39-48(41-59-40-46-23-13-8-14-24-46)42-60-54(55)38-35-47(43-61-64(56(2,3)4,50-25-15-9-16-26-50)51-27-17-10-18-28-51)44-62-65(57(5,6)7,52-29-19-11-20-30-52)53-31-21-12-22-32-53/h8-34,36-37,47-48H,35,38-44H2,1-7H3/t48-,63-/m0/s1. The van der Waals surface area contributed by atoms with Crippen LogP contribution in [-0.2, 0) is 35.7 Å². The fourth-order valence-electron chi connectivity index (χ4n) is 9.51. The Kier molecular flexibility index (Phi) is 16.1. The minimum atomic E-state index is -2.90. The molecule has 0 amide bonds. The van der Waals surface area contributed by atoms with Gasteiger partial charge < -0.3 is 18.3 Å². The predicted octanol–water partition coefficient (Wildman–Crippen LogP) is 11.1. The van der Waals surface area contributed by atoms with Crippen LogP contribution in [0.5, 0.6) is 0 Å². The Morgan fingerprint density at radius 2 is 1.02 bits per heavy atom. The molecule has 5 nitrogen and oxygen atoms in total. The largest absolute Gasteiger partial charge is 0.497 e. The SMILES string of the molecule is Cc1ccc([S@](=O)C2=C(CCC(CO[Si](c3ccccc3)(c3ccccc3)C(C)(C)C)CO[Si](c3ccccc3)(c3ccccc3)C(C)(C)C)OC[C@H](COCc3ccccc3)C2)cc1. The van der Waals surface area contributed by atoms with Gasteiger partial charge in [-0.25, -0.2) is 4.21 Å². The second-order valence-corrected chi connectivity index (χ2v) is 29.8. The lowest BCUT2D eigenvalue weighted by atomic mass is 10.0. The van der Waals surface area contributed by atoms with E-state index in [0.29, 0.717) is 45.9 Å². The number of aryl methyl sites for hydroxylation is 1. The zero-order valence-electron chi connectivity index (χ0n) is 39.5. The van der Waals surface area contributed by atoms with E-state index in [-0.39, 0.29) is 21.9 Å². The fraction of sp³-hybridized carbons (Fsp3) is 0.333. The lowest BCUT2D eigenvalue weighted by molar-refractivity contribution is 0.0410. The van der Waals surface area contributed by atoms with Gasteiger partial charge in [-0.2, -0.15) is 0 Å². The summed E-state index contributed by atoms with van der Waals surface area (Å²) < 4.78 is 43.1. The lowest BCUT2D eigenvalue weighted by Crippen LogP contribution is -2.67. The molecule has 1 aliphatic rings. The molecular formula is C57H68O5SSi2. The van der Waals surface area contributed by atoms with Crippen molar-refractivity contribution in [3.05, 3.63) is 198 Å². The van der Waals surface area contributed by atoms with Gasteiger partial charge in [0.2, 0.25) is 0 Å². The summed E-state index contributed by atoms with van der Waals surface area (Å²) in [5, 5.41) is 4.62. The van der Waals surface area contributed by atoms with E-state index in [1.54, 1.807) is 0 Å². The monoisotopic (exact) mass is 920 g/mol. The smallest absolute Gasteiger partial charge is 0.261 e. The van der Waals surface area contributed by atoms with E-state index in [0.717, 1.165) is 33.1 Å². The van der Waals surface area contributed by atoms with E-state index >= 15 is 0 Å². The van der Waals surface area contributed by atoms with Gasteiger partial charge in [0.15, 0.2) is 0 Å². The fourth-order valence-corrected chi connectivity index (χ4v) is 20.2. The molecule has 2 atom stereocenters. The van der Waals surface area contributed by atoms with Gasteiger partial charge in [-0.05, 0) is 68.3 Å². The molecule has 65 heavy (non-hydrogen) atoms. The van der Waals surface area contributed by atoms with Gasteiger partial charge in [0.1, 0.15) is 5.76 Å². The first kappa shape index (κ1) is 48.3. The van der Waals surface area contributed by atoms with Gasteiger partial charge in [0.25, 0.3) is 16.6 Å². The van der Waals surface area contributed by atoms with Crippen molar-refractivity contribution >= 4 is 48.2 Å². The summed E-state index contributed by atoms with van der Waals surface area (Å²) >= 11 is 0. The highest BCUT2D eigenvalue weighted by atomic mass is 32.2. The molecule has 6 aromatic rings. The maximum atomic E-state index is 14.7. The summed E-state index contributed by atoms with van der Waals surface area (Å²) in [5.41, 5.74) is 2.27. The Hall–Kier alpha value is -4.68. The van der Waals surface area contributed by atoms with Crippen LogP contribution in [0.3, 0.4) is 0 Å². The van der Waals surface area contributed by atoms with Gasteiger partial charge in [0, 0.05) is 36.4 Å². The quantitative estimate of drug-likeness (QED) is 0.0758. The van der Waals surface area contributed by atoms with Gasteiger partial charge in [-0.1, -0.05) is 211 Å². The third kappa shape index (κ3) is 11.3. The Morgan fingerprint density at radius 3 is 1.43 bits per heavy atom. The molecular weight excluding hydrogens is 853 g/mol. The molecule has 0 aromatic heterocycles. The van der Waals surface area contributed by atoms with Crippen LogP contribution in [-0.4, -0.2) is 47.3 Å². The van der Waals surface area contributed by atoms with Gasteiger partial charge >= 0.3 is 0 Å². The highest BCUT2D eigenvalue weighted by Gasteiger charge is 2.52. The Morgan fingerprint density at radius 1 is 0.600 bits per heavy atom. The lowest BCUT2D eigenvalue weighted by Gasteiger charge is -2.45. The second-order valence-electron chi connectivity index (χ2n) is 19.7. The summed E-state index contributed by atoms with van der Waals surface area (Å²) in [6, 6.07) is 61.8. The van der Waals surface area contributed by atoms with Crippen LogP contribution in [0.1, 0.15) is 71.9 Å². The van der Waals surface area contributed by atoms with Crippen molar-refractivity contribution in [1.29, 1.82) is 0 Å². The molecule has 0 spiro atoms. The minimum Gasteiger partial charge on any atom is -0.497 e. The average Bonchev–Trinajstić information content (AvgIpc) is 3.32. The number of ether oxygens (including phenoxy) is 2. The molecule has 1 aliphatic heterocycles. The molecule has 1 heterocycles. The van der Waals surface area contributed by atoms with E-state index in [1.807, 2.05) is 42.5 Å². The first-order valence-electron chi connectivity index (χ1n) is 23.3. The molecule has 0 radical (unpaired) electrons. The second kappa shape index (κ2) is 21.7. The van der Waals surface area contributed by atoms with Gasteiger partial charge in [-0.15, -0.1) is 0 Å². The van der Waals surface area contributed by atoms with Crippen molar-refractivity contribution in [3.63, 3.8) is 0 Å². The summed E-state index contributed by atoms with van der Waals surface area (Å²) in [6.45, 7) is 18.6. The van der Waals surface area contributed by atoms with E-state index < -0.39 is 27.4 Å². The third-order valence-corrected chi connectivity index (χ3v) is 24.4. The number of hydrogen-bond donors (Lipinski definition) is 0. The summed E-state index contributed by atoms with van der Waals surface area (Å²) in [4.78, 5) is 1.65. The molecule has 0 unspecified atom stereocenters. The number of benzene rings is 6. The highest BCUT2D eigenvalue weighted by Crippen LogP contribution is 2.40. The number of allylic oxidation sites excluding steroid dienone is 2. The number of rotatable bonds is 19. The van der Waals surface area contributed by atoms with E-state index in [2.05, 4.69) is 182 Å². The van der Waals surface area contributed by atoms with Crippen LogP contribution < -0.4 is 20.7 Å². The van der Waals surface area contributed by atoms with Crippen molar-refractivity contribution in [3.8, 4) is 0 Å². The van der Waals surface area contributed by atoms with E-state index in [9.17, 15) is 4.21 Å². The summed E-state index contributed by atoms with van der Waals surface area (Å²) in [5.74, 6) is 0.888. The third-order valence-electron chi connectivity index (χ3n) is 12.9. The topological polar surface area (TPSA) is 54.0 Å². The van der Waals surface area contributed by atoms with Crippen LogP contribution in [0, 0.1) is 18.8 Å². The highest BCUT2D eigenvalue weighted by molar-refractivity contribution is 7.89. The Labute approximate surface area is 394 Å². The molecule has 0 saturated carbocycles. The van der Waals surface area contributed by atoms with Crippen LogP contribution in [0.2, 0.25) is 10.1 Å². The molecule has 0 N–H and O–H groups in total. The van der Waals surface area contributed by atoms with Crippen molar-refractivity contribution in [2.45, 2.75) is 89.3 Å². The maximum Gasteiger partial charge on any atom is 0.261 e. The van der Waals surface area contributed by atoms with Crippen molar-refractivity contribution in [2.75, 3.05) is 26.4 Å². The Bertz CT molecular complexity index is 2250. The summed E-state index contributed by atoms with van der Waals surface area (Å²) in [6.07, 6.45) is 1.99. The molecule has 7 rings (SSSR count). The minimum absolute atomic E-state index is 0.0182. The average molecular weight is 921 g/mol. The zero-order chi connectivity index (χ0) is 45.9. The van der Waals surface area contributed by atoms with Crippen LogP contribution in [0.25, 0.3) is 0 Å². The van der Waals surface area contributed by atoms with E-state index in [4.69, 9.17) is 18.3 Å². The molecule has 0 fully saturated rings. The van der Waals surface area contributed by atoms with E-state index in [1.165, 1.54) is 20.7 Å². The molecule has 0 bridgehead atoms. The van der Waals surface area contributed by atoms with Gasteiger partial charge in [-0.3, -0.25) is 0 Å². The first-order chi connectivity index (χ1) is 31.3. The molecule has 340 valence electrons. The molecule has 6 aromatic carbocycles. The number of hydrogen-bond acceptors (Lipinski definition) is 5. The molecule has 0 aliphatic carbocycles. The maximum absolute atomic E-state index is 14.7. The van der Waals surface area contributed by atoms with Crippen molar-refractivity contribution in [1.82, 2.24) is 0 Å². The molecule has 8 heteroatoms. The van der Waals surface area contributed by atoms with Crippen LogP contribution in [0.15, 0.2) is 191 Å². The van der Waals surface area contributed by atoms with Crippen molar-refractivity contribution in [2.24, 2.45) is 11.8 Å². The van der Waals surface area contributed by atoms with Crippen molar-refractivity contribution < 1.29 is 22.5 Å². The summed E-state index contributed by atoms with van der Waals surface area (Å²) in [7, 11) is -7.19. The van der Waals surface area contributed by atoms with Gasteiger partial charge in [0.05, 0.1) is 35.5 Å².